The molecule has 4 nitrogen and oxygen atoms in total. The summed E-state index contributed by atoms with van der Waals surface area (Å²) in [4.78, 5) is 11.2. The standard InChI is InChI=1S/C18H21NO3/c1-21-18(20)13-15-7-9-17(10-8-15)19-11-12-22-14-16-5-3-2-4-6-16/h2-10,19H,11-14H2,1H3. The smallest absolute Gasteiger partial charge is 0.309 e. The van der Waals surface area contributed by atoms with E-state index in [1.807, 2.05) is 54.6 Å². The zero-order valence-electron chi connectivity index (χ0n) is 12.7. The Labute approximate surface area is 131 Å². The van der Waals surface area contributed by atoms with E-state index in [-0.39, 0.29) is 5.97 Å². The maximum absolute atomic E-state index is 11.2. The Kier molecular flexibility index (Phi) is 6.45. The van der Waals surface area contributed by atoms with Crippen molar-refractivity contribution in [1.82, 2.24) is 0 Å². The van der Waals surface area contributed by atoms with Crippen LogP contribution in [0.1, 0.15) is 11.1 Å². The second kappa shape index (κ2) is 8.85. The van der Waals surface area contributed by atoms with Crippen molar-refractivity contribution in [3.63, 3.8) is 0 Å². The highest BCUT2D eigenvalue weighted by Crippen LogP contribution is 2.10. The van der Waals surface area contributed by atoms with Crippen molar-refractivity contribution >= 4 is 11.7 Å². The van der Waals surface area contributed by atoms with Gasteiger partial charge in [0.2, 0.25) is 0 Å². The van der Waals surface area contributed by atoms with Crippen LogP contribution in [0, 0.1) is 0 Å². The normalized spacial score (nSPS) is 10.2. The van der Waals surface area contributed by atoms with Crippen molar-refractivity contribution in [2.75, 3.05) is 25.6 Å². The number of anilines is 1. The molecule has 22 heavy (non-hydrogen) atoms. The first-order valence-corrected chi connectivity index (χ1v) is 7.29. The highest BCUT2D eigenvalue weighted by molar-refractivity contribution is 5.72. The summed E-state index contributed by atoms with van der Waals surface area (Å²) in [5, 5.41) is 3.28. The van der Waals surface area contributed by atoms with Gasteiger partial charge < -0.3 is 14.8 Å². The highest BCUT2D eigenvalue weighted by atomic mass is 16.5. The average Bonchev–Trinajstić information content (AvgIpc) is 2.57. The van der Waals surface area contributed by atoms with Crippen molar-refractivity contribution in [3.8, 4) is 0 Å². The lowest BCUT2D eigenvalue weighted by Crippen LogP contribution is -2.09. The molecule has 0 heterocycles. The number of carbonyl (C=O) groups is 1. The van der Waals surface area contributed by atoms with E-state index in [0.29, 0.717) is 19.6 Å². The Morgan fingerprint density at radius 3 is 2.41 bits per heavy atom. The minimum absolute atomic E-state index is 0.227. The molecule has 0 aromatic heterocycles. The number of methoxy groups -OCH3 is 1. The molecule has 4 heteroatoms. The van der Waals surface area contributed by atoms with Crippen LogP contribution in [0.3, 0.4) is 0 Å². The minimum atomic E-state index is -0.227. The number of carbonyl (C=O) groups excluding carboxylic acids is 1. The zero-order valence-corrected chi connectivity index (χ0v) is 12.7. The Hall–Kier alpha value is -2.33. The van der Waals surface area contributed by atoms with E-state index in [1.165, 1.54) is 12.7 Å². The van der Waals surface area contributed by atoms with E-state index in [1.54, 1.807) is 0 Å². The van der Waals surface area contributed by atoms with E-state index in [9.17, 15) is 4.79 Å². The molecule has 0 aliphatic carbocycles. The maximum Gasteiger partial charge on any atom is 0.309 e. The molecule has 0 amide bonds. The number of hydrogen-bond donors (Lipinski definition) is 1. The lowest BCUT2D eigenvalue weighted by Gasteiger charge is -2.08. The van der Waals surface area contributed by atoms with Crippen molar-refractivity contribution in [2.45, 2.75) is 13.0 Å². The third-order valence-electron chi connectivity index (χ3n) is 3.22. The molecule has 0 radical (unpaired) electrons. The molecule has 0 fully saturated rings. The SMILES string of the molecule is COC(=O)Cc1ccc(NCCOCc2ccccc2)cc1. The number of rotatable bonds is 8. The summed E-state index contributed by atoms with van der Waals surface area (Å²) < 4.78 is 10.3. The Bertz CT molecular complexity index is 567. The Morgan fingerprint density at radius 1 is 1.00 bits per heavy atom. The largest absolute Gasteiger partial charge is 0.469 e. The van der Waals surface area contributed by atoms with Gasteiger partial charge in [0.1, 0.15) is 0 Å². The molecular weight excluding hydrogens is 278 g/mol. The van der Waals surface area contributed by atoms with Crippen LogP contribution in [-0.2, 0) is 27.3 Å². The summed E-state index contributed by atoms with van der Waals surface area (Å²) in [5.41, 5.74) is 3.13. The fourth-order valence-corrected chi connectivity index (χ4v) is 2.01. The molecule has 1 N–H and O–H groups in total. The van der Waals surface area contributed by atoms with Gasteiger partial charge in [0, 0.05) is 12.2 Å². The summed E-state index contributed by atoms with van der Waals surface area (Å²) in [6.45, 7) is 2.00. The molecule has 0 aliphatic rings. The number of ether oxygens (including phenoxy) is 2. The number of esters is 1. The van der Waals surface area contributed by atoms with E-state index in [2.05, 4.69) is 10.1 Å². The van der Waals surface area contributed by atoms with Crippen molar-refractivity contribution in [1.29, 1.82) is 0 Å². The van der Waals surface area contributed by atoms with E-state index < -0.39 is 0 Å². The molecule has 0 aliphatic heterocycles. The maximum atomic E-state index is 11.2. The average molecular weight is 299 g/mol. The fraction of sp³-hybridized carbons (Fsp3) is 0.278. The Balaban J connectivity index is 1.65. The topological polar surface area (TPSA) is 47.6 Å². The monoisotopic (exact) mass is 299 g/mol. The quantitative estimate of drug-likeness (QED) is 0.601. The molecule has 0 unspecified atom stereocenters. The van der Waals surface area contributed by atoms with Gasteiger partial charge in [0.15, 0.2) is 0 Å². The van der Waals surface area contributed by atoms with E-state index >= 15 is 0 Å². The number of benzene rings is 2. The lowest BCUT2D eigenvalue weighted by atomic mass is 10.1. The molecular formula is C18H21NO3. The summed E-state index contributed by atoms with van der Waals surface area (Å²) in [7, 11) is 1.40. The van der Waals surface area contributed by atoms with Gasteiger partial charge in [-0.25, -0.2) is 0 Å². The number of nitrogens with one attached hydrogen (secondary N) is 1. The van der Waals surface area contributed by atoms with Gasteiger partial charge in [-0.2, -0.15) is 0 Å². The summed E-state index contributed by atoms with van der Waals surface area (Å²) in [6, 6.07) is 17.9. The van der Waals surface area contributed by atoms with Crippen molar-refractivity contribution < 1.29 is 14.3 Å². The molecule has 2 rings (SSSR count). The lowest BCUT2D eigenvalue weighted by molar-refractivity contribution is -0.139. The van der Waals surface area contributed by atoms with Gasteiger partial charge in [0.25, 0.3) is 0 Å². The van der Waals surface area contributed by atoms with Crippen LogP contribution < -0.4 is 5.32 Å². The summed E-state index contributed by atoms with van der Waals surface area (Å²) >= 11 is 0. The van der Waals surface area contributed by atoms with E-state index in [4.69, 9.17) is 4.74 Å². The molecule has 0 spiro atoms. The first-order chi connectivity index (χ1) is 10.8. The highest BCUT2D eigenvalue weighted by Gasteiger charge is 2.02. The predicted octanol–water partition coefficient (Wildman–Crippen LogP) is 3.03. The third kappa shape index (κ3) is 5.58. The Morgan fingerprint density at radius 2 is 1.73 bits per heavy atom. The van der Waals surface area contributed by atoms with Crippen molar-refractivity contribution in [3.05, 3.63) is 65.7 Å². The first kappa shape index (κ1) is 16.0. The second-order valence-corrected chi connectivity index (χ2v) is 4.91. The molecule has 2 aromatic rings. The van der Waals surface area contributed by atoms with Gasteiger partial charge in [-0.3, -0.25) is 4.79 Å². The number of hydrogen-bond acceptors (Lipinski definition) is 4. The minimum Gasteiger partial charge on any atom is -0.469 e. The van der Waals surface area contributed by atoms with E-state index in [0.717, 1.165) is 17.8 Å². The van der Waals surface area contributed by atoms with Gasteiger partial charge in [0.05, 0.1) is 26.7 Å². The third-order valence-corrected chi connectivity index (χ3v) is 3.22. The first-order valence-electron chi connectivity index (χ1n) is 7.29. The van der Waals surface area contributed by atoms with Gasteiger partial charge in [-0.05, 0) is 23.3 Å². The molecule has 0 bridgehead atoms. The van der Waals surface area contributed by atoms with Gasteiger partial charge >= 0.3 is 5.97 Å². The molecule has 116 valence electrons. The van der Waals surface area contributed by atoms with Crippen molar-refractivity contribution in [2.24, 2.45) is 0 Å². The van der Waals surface area contributed by atoms with Crippen LogP contribution in [0.25, 0.3) is 0 Å². The van der Waals surface area contributed by atoms with Crippen LogP contribution in [0.5, 0.6) is 0 Å². The van der Waals surface area contributed by atoms with Crippen LogP contribution >= 0.6 is 0 Å². The summed E-state index contributed by atoms with van der Waals surface area (Å²) in [6.07, 6.45) is 0.303. The predicted molar refractivity (Wildman–Crippen MR) is 86.7 cm³/mol. The summed E-state index contributed by atoms with van der Waals surface area (Å²) in [5.74, 6) is -0.227. The molecule has 0 atom stereocenters. The zero-order chi connectivity index (χ0) is 15.6. The molecule has 0 saturated heterocycles. The molecule has 2 aromatic carbocycles. The molecule has 0 saturated carbocycles. The van der Waals surface area contributed by atoms with Crippen LogP contribution in [-0.4, -0.2) is 26.2 Å². The second-order valence-electron chi connectivity index (χ2n) is 4.91. The van der Waals surface area contributed by atoms with Gasteiger partial charge in [-0.15, -0.1) is 0 Å². The van der Waals surface area contributed by atoms with Crippen LogP contribution in [0.15, 0.2) is 54.6 Å². The van der Waals surface area contributed by atoms with Gasteiger partial charge in [-0.1, -0.05) is 42.5 Å². The van der Waals surface area contributed by atoms with Crippen LogP contribution in [0.2, 0.25) is 0 Å². The fourth-order valence-electron chi connectivity index (χ4n) is 2.01. The van der Waals surface area contributed by atoms with Crippen LogP contribution in [0.4, 0.5) is 5.69 Å².